The van der Waals surface area contributed by atoms with Gasteiger partial charge in [0.25, 0.3) is 5.89 Å². The zero-order valence-corrected chi connectivity index (χ0v) is 16.7. The highest BCUT2D eigenvalue weighted by Crippen LogP contribution is 2.30. The summed E-state index contributed by atoms with van der Waals surface area (Å²) >= 11 is 12.1. The fourth-order valence-corrected chi connectivity index (χ4v) is 3.11. The van der Waals surface area contributed by atoms with Crippen molar-refractivity contribution in [1.82, 2.24) is 10.1 Å². The van der Waals surface area contributed by atoms with Crippen LogP contribution in [0.15, 0.2) is 63.5 Å². The predicted octanol–water partition coefficient (Wildman–Crippen LogP) is 6.09. The first-order chi connectivity index (χ1) is 14.0. The second-order valence-electron chi connectivity index (χ2n) is 6.18. The van der Waals surface area contributed by atoms with Gasteiger partial charge in [0.1, 0.15) is 18.1 Å². The van der Waals surface area contributed by atoms with Gasteiger partial charge in [0.05, 0.1) is 5.02 Å². The molecule has 2 aromatic carbocycles. The molecule has 0 aliphatic rings. The van der Waals surface area contributed by atoms with Crippen molar-refractivity contribution >= 4 is 29.0 Å². The molecule has 0 N–H and O–H groups in total. The fraction of sp³-hybridized carbons (Fsp3) is 0.0952. The van der Waals surface area contributed by atoms with Crippen molar-refractivity contribution in [3.8, 4) is 28.8 Å². The Bertz CT molecular complexity index is 1170. The molecule has 0 aliphatic carbocycles. The van der Waals surface area contributed by atoms with E-state index in [4.69, 9.17) is 36.9 Å². The van der Waals surface area contributed by atoms with Crippen LogP contribution in [0.3, 0.4) is 0 Å². The molecule has 0 aliphatic heterocycles. The lowest BCUT2D eigenvalue weighted by molar-refractivity contribution is 0.101. The Hall–Kier alpha value is -3.09. The van der Waals surface area contributed by atoms with Crippen LogP contribution in [0.4, 0.5) is 0 Å². The second kappa shape index (κ2) is 8.11. The Morgan fingerprint density at radius 1 is 1.07 bits per heavy atom. The van der Waals surface area contributed by atoms with Gasteiger partial charge in [-0.3, -0.25) is 4.79 Å². The summed E-state index contributed by atoms with van der Waals surface area (Å²) in [6, 6.07) is 15.4. The van der Waals surface area contributed by atoms with Crippen LogP contribution in [0, 0.1) is 0 Å². The van der Waals surface area contributed by atoms with E-state index in [9.17, 15) is 4.79 Å². The number of carbonyl (C=O) groups is 1. The lowest BCUT2D eigenvalue weighted by Gasteiger charge is -2.04. The minimum absolute atomic E-state index is 0.00559. The van der Waals surface area contributed by atoms with Gasteiger partial charge >= 0.3 is 0 Å². The number of halogens is 2. The van der Waals surface area contributed by atoms with Gasteiger partial charge in [-0.1, -0.05) is 28.4 Å². The average Bonchev–Trinajstić information content (AvgIpc) is 3.36. The first-order valence-corrected chi connectivity index (χ1v) is 9.37. The van der Waals surface area contributed by atoms with E-state index in [0.29, 0.717) is 44.3 Å². The fourth-order valence-electron chi connectivity index (χ4n) is 2.61. The molecule has 29 heavy (non-hydrogen) atoms. The highest BCUT2D eigenvalue weighted by molar-refractivity contribution is 6.36. The normalized spacial score (nSPS) is 10.9. The maximum Gasteiger partial charge on any atom is 0.293 e. The summed E-state index contributed by atoms with van der Waals surface area (Å²) in [5.41, 5.74) is 1.24. The van der Waals surface area contributed by atoms with Crippen molar-refractivity contribution in [2.75, 3.05) is 0 Å². The number of hydrogen-bond acceptors (Lipinski definition) is 6. The van der Waals surface area contributed by atoms with E-state index in [0.717, 1.165) is 0 Å². The Kier molecular flexibility index (Phi) is 5.38. The van der Waals surface area contributed by atoms with E-state index in [1.54, 1.807) is 54.6 Å². The molecule has 2 heterocycles. The lowest BCUT2D eigenvalue weighted by atomic mass is 10.1. The molecule has 0 saturated heterocycles. The summed E-state index contributed by atoms with van der Waals surface area (Å²) in [4.78, 5) is 15.6. The third kappa shape index (κ3) is 4.34. The van der Waals surface area contributed by atoms with Gasteiger partial charge in [0.2, 0.25) is 5.82 Å². The topological polar surface area (TPSA) is 78.4 Å². The quantitative estimate of drug-likeness (QED) is 0.346. The molecule has 6 nitrogen and oxygen atoms in total. The molecule has 0 unspecified atom stereocenters. The molecule has 146 valence electrons. The summed E-state index contributed by atoms with van der Waals surface area (Å²) in [6.07, 6.45) is 0. The van der Waals surface area contributed by atoms with Gasteiger partial charge in [0.15, 0.2) is 11.5 Å². The number of hydrogen-bond donors (Lipinski definition) is 0. The lowest BCUT2D eigenvalue weighted by Crippen LogP contribution is -1.95. The minimum atomic E-state index is 0.00559. The molecule has 0 radical (unpaired) electrons. The van der Waals surface area contributed by atoms with E-state index in [2.05, 4.69) is 10.1 Å². The predicted molar refractivity (Wildman–Crippen MR) is 108 cm³/mol. The van der Waals surface area contributed by atoms with Crippen molar-refractivity contribution in [1.29, 1.82) is 0 Å². The van der Waals surface area contributed by atoms with Crippen LogP contribution in [-0.2, 0) is 6.61 Å². The maximum absolute atomic E-state index is 11.3. The second-order valence-corrected chi connectivity index (χ2v) is 7.03. The van der Waals surface area contributed by atoms with Gasteiger partial charge < -0.3 is 13.7 Å². The molecule has 4 rings (SSSR count). The standard InChI is InChI=1S/C21H14Cl2N2O4/c1-12(26)13-2-5-15(6-3-13)27-11-16-7-9-19(28-16)21-24-20(25-29-21)17-8-4-14(22)10-18(17)23/h2-10H,11H2,1H3. The number of furan rings is 1. The van der Waals surface area contributed by atoms with E-state index in [1.165, 1.54) is 6.92 Å². The number of ketones is 1. The summed E-state index contributed by atoms with van der Waals surface area (Å²) < 4.78 is 16.7. The number of Topliss-reactive ketones (excluding diaryl/α,β-unsaturated/α-hetero) is 1. The van der Waals surface area contributed by atoms with Crippen LogP contribution in [0.5, 0.6) is 5.75 Å². The Balaban J connectivity index is 1.45. The van der Waals surface area contributed by atoms with Crippen molar-refractivity contribution in [2.24, 2.45) is 0 Å². The maximum atomic E-state index is 11.3. The SMILES string of the molecule is CC(=O)c1ccc(OCc2ccc(-c3nc(-c4ccc(Cl)cc4Cl)no3)o2)cc1. The molecule has 4 aromatic rings. The number of nitrogens with zero attached hydrogens (tertiary/aromatic N) is 2. The Labute approximate surface area is 176 Å². The molecular formula is C21H14Cl2N2O4. The van der Waals surface area contributed by atoms with Crippen LogP contribution in [0.2, 0.25) is 10.0 Å². The smallest absolute Gasteiger partial charge is 0.293 e. The molecule has 0 atom stereocenters. The molecule has 0 saturated carbocycles. The van der Waals surface area contributed by atoms with Crippen molar-refractivity contribution in [3.63, 3.8) is 0 Å². The van der Waals surface area contributed by atoms with Gasteiger partial charge in [-0.2, -0.15) is 4.98 Å². The molecule has 0 amide bonds. The van der Waals surface area contributed by atoms with Crippen molar-refractivity contribution in [2.45, 2.75) is 13.5 Å². The summed E-state index contributed by atoms with van der Waals surface area (Å²) in [7, 11) is 0. The monoisotopic (exact) mass is 428 g/mol. The first-order valence-electron chi connectivity index (χ1n) is 8.61. The summed E-state index contributed by atoms with van der Waals surface area (Å²) in [5, 5.41) is 4.89. The van der Waals surface area contributed by atoms with E-state index in [-0.39, 0.29) is 18.3 Å². The largest absolute Gasteiger partial charge is 0.486 e. The molecule has 0 bridgehead atoms. The average molecular weight is 429 g/mol. The van der Waals surface area contributed by atoms with Gasteiger partial charge in [-0.05, 0) is 61.5 Å². The molecule has 2 aromatic heterocycles. The highest BCUT2D eigenvalue weighted by atomic mass is 35.5. The van der Waals surface area contributed by atoms with Crippen LogP contribution in [0.25, 0.3) is 23.0 Å². The van der Waals surface area contributed by atoms with E-state index >= 15 is 0 Å². The number of carbonyl (C=O) groups excluding carboxylic acids is 1. The van der Waals surface area contributed by atoms with Crippen LogP contribution >= 0.6 is 23.2 Å². The molecule has 8 heteroatoms. The number of aromatic nitrogens is 2. The van der Waals surface area contributed by atoms with Crippen molar-refractivity contribution in [3.05, 3.63) is 76.0 Å². The van der Waals surface area contributed by atoms with E-state index in [1.807, 2.05) is 0 Å². The Morgan fingerprint density at radius 2 is 1.86 bits per heavy atom. The first kappa shape index (κ1) is 19.2. The Morgan fingerprint density at radius 3 is 2.59 bits per heavy atom. The van der Waals surface area contributed by atoms with Crippen LogP contribution in [0.1, 0.15) is 23.0 Å². The summed E-state index contributed by atoms with van der Waals surface area (Å²) in [6.45, 7) is 1.73. The van der Waals surface area contributed by atoms with Gasteiger partial charge in [0, 0.05) is 16.1 Å². The third-order valence-corrected chi connectivity index (χ3v) is 4.66. The molecule has 0 fully saturated rings. The van der Waals surface area contributed by atoms with Gasteiger partial charge in [-0.15, -0.1) is 0 Å². The van der Waals surface area contributed by atoms with Gasteiger partial charge in [-0.25, -0.2) is 0 Å². The molecule has 0 spiro atoms. The zero-order chi connectivity index (χ0) is 20.4. The third-order valence-electron chi connectivity index (χ3n) is 4.11. The highest BCUT2D eigenvalue weighted by Gasteiger charge is 2.16. The zero-order valence-electron chi connectivity index (χ0n) is 15.2. The minimum Gasteiger partial charge on any atom is -0.486 e. The number of benzene rings is 2. The van der Waals surface area contributed by atoms with Crippen LogP contribution < -0.4 is 4.74 Å². The van der Waals surface area contributed by atoms with E-state index < -0.39 is 0 Å². The number of rotatable bonds is 6. The van der Waals surface area contributed by atoms with Crippen molar-refractivity contribution < 1.29 is 18.5 Å². The summed E-state index contributed by atoms with van der Waals surface area (Å²) in [5.74, 6) is 2.19. The molecular weight excluding hydrogens is 415 g/mol. The van der Waals surface area contributed by atoms with Crippen LogP contribution in [-0.4, -0.2) is 15.9 Å². The number of ether oxygens (including phenoxy) is 1.